The third kappa shape index (κ3) is 6.99. The molecule has 0 unspecified atom stereocenters. The highest BCUT2D eigenvalue weighted by atomic mass is 16.5. The summed E-state index contributed by atoms with van der Waals surface area (Å²) in [6.45, 7) is 4.00. The van der Waals surface area contributed by atoms with E-state index in [0.717, 1.165) is 0 Å². The maximum atomic E-state index is 11.9. The Morgan fingerprint density at radius 2 is 1.32 bits per heavy atom. The molecule has 28 heavy (non-hydrogen) atoms. The first kappa shape index (κ1) is 22.5. The average molecular weight is 384 g/mol. The predicted molar refractivity (Wildman–Crippen MR) is 108 cm³/mol. The van der Waals surface area contributed by atoms with Gasteiger partial charge in [-0.1, -0.05) is 38.1 Å². The number of rotatable bonds is 7. The second kappa shape index (κ2) is 11.2. The number of methoxy groups -OCH3 is 1. The molecular formula is C22H24O6. The van der Waals surface area contributed by atoms with Crippen LogP contribution in [0.3, 0.4) is 0 Å². The van der Waals surface area contributed by atoms with E-state index in [1.54, 1.807) is 12.1 Å². The van der Waals surface area contributed by atoms with Crippen molar-refractivity contribution < 1.29 is 29.6 Å². The third-order valence-corrected chi connectivity index (χ3v) is 3.48. The third-order valence-electron chi connectivity index (χ3n) is 3.48. The molecule has 0 heterocycles. The van der Waals surface area contributed by atoms with Crippen LogP contribution in [-0.4, -0.2) is 34.0 Å². The van der Waals surface area contributed by atoms with E-state index in [-0.39, 0.29) is 35.2 Å². The lowest BCUT2D eigenvalue weighted by atomic mass is 10.1. The van der Waals surface area contributed by atoms with Gasteiger partial charge in [-0.25, -0.2) is 0 Å². The van der Waals surface area contributed by atoms with Crippen LogP contribution in [-0.2, 0) is 9.59 Å². The van der Waals surface area contributed by atoms with Crippen LogP contribution in [0.4, 0.5) is 0 Å². The number of hydrogen-bond acceptors (Lipinski definition) is 6. The Morgan fingerprint density at radius 3 is 1.82 bits per heavy atom. The van der Waals surface area contributed by atoms with Gasteiger partial charge in [0.25, 0.3) is 0 Å². The minimum Gasteiger partial charge on any atom is -0.504 e. The smallest absolute Gasteiger partial charge is 0.163 e. The Hall–Kier alpha value is -3.54. The zero-order valence-corrected chi connectivity index (χ0v) is 16.0. The van der Waals surface area contributed by atoms with Crippen LogP contribution >= 0.6 is 0 Å². The molecular weight excluding hydrogens is 360 g/mol. The largest absolute Gasteiger partial charge is 0.504 e. The average Bonchev–Trinajstić information content (AvgIpc) is 2.69. The van der Waals surface area contributed by atoms with E-state index in [1.165, 1.54) is 55.7 Å². The Balaban J connectivity index is 0.00000190. The molecule has 6 heteroatoms. The molecule has 6 nitrogen and oxygen atoms in total. The normalized spacial score (nSPS) is 10.5. The minimum atomic E-state index is -0.393. The highest BCUT2D eigenvalue weighted by Gasteiger charge is 2.05. The molecule has 0 amide bonds. The fraction of sp³-hybridized carbons (Fsp3) is 0.182. The molecule has 0 fully saturated rings. The molecule has 0 aliphatic carbocycles. The Labute approximate surface area is 164 Å². The van der Waals surface area contributed by atoms with Crippen molar-refractivity contribution >= 4 is 23.7 Å². The number of carbonyl (C=O) groups excluding carboxylic acids is 2. The summed E-state index contributed by atoms with van der Waals surface area (Å²) in [4.78, 5) is 23.7. The van der Waals surface area contributed by atoms with Crippen molar-refractivity contribution in [1.29, 1.82) is 0 Å². The van der Waals surface area contributed by atoms with E-state index < -0.39 is 5.78 Å². The van der Waals surface area contributed by atoms with Crippen LogP contribution in [0.2, 0.25) is 0 Å². The molecule has 0 radical (unpaired) electrons. The maximum absolute atomic E-state index is 11.9. The molecule has 148 valence electrons. The standard InChI is InChI=1S/C20H18O6.C2H6/c1-26-20-11-14(5-9-18(20)24)3-7-16(22)12-15(21)6-2-13-4-8-17(23)19(25)10-13;1-2/h2-11,23-25H,12H2,1H3;1-2H3/b6-2+,7-3+;. The van der Waals surface area contributed by atoms with Crippen LogP contribution in [0.25, 0.3) is 12.2 Å². The second-order valence-corrected chi connectivity index (χ2v) is 5.46. The number of phenolic OH excluding ortho intramolecular Hbond substituents is 3. The fourth-order valence-corrected chi connectivity index (χ4v) is 2.11. The van der Waals surface area contributed by atoms with Crippen molar-refractivity contribution in [2.45, 2.75) is 20.3 Å². The number of benzene rings is 2. The van der Waals surface area contributed by atoms with Crippen LogP contribution in [0, 0.1) is 0 Å². The van der Waals surface area contributed by atoms with Crippen molar-refractivity contribution in [3.8, 4) is 23.0 Å². The van der Waals surface area contributed by atoms with E-state index in [2.05, 4.69) is 0 Å². The zero-order chi connectivity index (χ0) is 21.1. The molecule has 0 saturated carbocycles. The minimum absolute atomic E-state index is 0.00319. The summed E-state index contributed by atoms with van der Waals surface area (Å²) < 4.78 is 4.98. The number of carbonyl (C=O) groups is 2. The molecule has 2 rings (SSSR count). The van der Waals surface area contributed by atoms with Gasteiger partial charge in [-0.15, -0.1) is 0 Å². The van der Waals surface area contributed by atoms with Gasteiger partial charge >= 0.3 is 0 Å². The van der Waals surface area contributed by atoms with Gasteiger partial charge < -0.3 is 20.1 Å². The molecule has 2 aromatic rings. The molecule has 0 aliphatic rings. The second-order valence-electron chi connectivity index (χ2n) is 5.46. The number of phenols is 3. The lowest BCUT2D eigenvalue weighted by Crippen LogP contribution is -2.01. The predicted octanol–water partition coefficient (Wildman–Crippen LogP) is 4.09. The van der Waals surface area contributed by atoms with Gasteiger partial charge in [-0.05, 0) is 47.5 Å². The molecule has 0 saturated heterocycles. The van der Waals surface area contributed by atoms with Crippen molar-refractivity contribution in [3.63, 3.8) is 0 Å². The fourth-order valence-electron chi connectivity index (χ4n) is 2.11. The van der Waals surface area contributed by atoms with Gasteiger partial charge in [0, 0.05) is 0 Å². The first-order chi connectivity index (χ1) is 13.4. The Kier molecular flexibility index (Phi) is 9.03. The lowest BCUT2D eigenvalue weighted by molar-refractivity contribution is -0.121. The van der Waals surface area contributed by atoms with Crippen molar-refractivity contribution in [3.05, 3.63) is 59.7 Å². The summed E-state index contributed by atoms with van der Waals surface area (Å²) in [7, 11) is 1.42. The lowest BCUT2D eigenvalue weighted by Gasteiger charge is -2.03. The van der Waals surface area contributed by atoms with Gasteiger partial charge in [-0.3, -0.25) is 9.59 Å². The van der Waals surface area contributed by atoms with Gasteiger partial charge in [0.15, 0.2) is 34.6 Å². The quantitative estimate of drug-likeness (QED) is 0.377. The topological polar surface area (TPSA) is 104 Å². The summed E-state index contributed by atoms with van der Waals surface area (Å²) in [6.07, 6.45) is 5.19. The van der Waals surface area contributed by atoms with Gasteiger partial charge in [0.1, 0.15) is 0 Å². The van der Waals surface area contributed by atoms with Gasteiger partial charge in [-0.2, -0.15) is 0 Å². The number of aromatic hydroxyl groups is 3. The van der Waals surface area contributed by atoms with Crippen molar-refractivity contribution in [2.24, 2.45) is 0 Å². The van der Waals surface area contributed by atoms with Gasteiger partial charge in [0.05, 0.1) is 13.5 Å². The van der Waals surface area contributed by atoms with Crippen molar-refractivity contribution in [1.82, 2.24) is 0 Å². The molecule has 0 bridgehead atoms. The number of ether oxygens (including phenoxy) is 1. The molecule has 0 aliphatic heterocycles. The first-order valence-electron chi connectivity index (χ1n) is 8.70. The highest BCUT2D eigenvalue weighted by molar-refractivity contribution is 6.10. The van der Waals surface area contributed by atoms with Crippen LogP contribution in [0.5, 0.6) is 23.0 Å². The SMILES string of the molecule is CC.COc1cc(/C=C/C(=O)CC(=O)/C=C/c2ccc(O)c(O)c2)ccc1O. The summed E-state index contributed by atoms with van der Waals surface area (Å²) in [5, 5.41) is 28.1. The van der Waals surface area contributed by atoms with E-state index in [9.17, 15) is 24.9 Å². The molecule has 0 spiro atoms. The number of hydrogen-bond donors (Lipinski definition) is 3. The van der Waals surface area contributed by atoms with Crippen LogP contribution < -0.4 is 4.74 Å². The Bertz CT molecular complexity index is 881. The first-order valence-corrected chi connectivity index (χ1v) is 8.70. The molecule has 0 aromatic heterocycles. The monoisotopic (exact) mass is 384 g/mol. The zero-order valence-electron chi connectivity index (χ0n) is 16.0. The number of ketones is 2. The molecule has 2 aromatic carbocycles. The number of allylic oxidation sites excluding steroid dienone is 2. The molecule has 3 N–H and O–H groups in total. The Morgan fingerprint density at radius 1 is 0.821 bits per heavy atom. The van der Waals surface area contributed by atoms with Crippen LogP contribution in [0.15, 0.2) is 48.6 Å². The molecule has 0 atom stereocenters. The summed E-state index contributed by atoms with van der Waals surface area (Å²) >= 11 is 0. The highest BCUT2D eigenvalue weighted by Crippen LogP contribution is 2.27. The summed E-state index contributed by atoms with van der Waals surface area (Å²) in [5.41, 5.74) is 1.17. The summed E-state index contributed by atoms with van der Waals surface area (Å²) in [6, 6.07) is 8.76. The van der Waals surface area contributed by atoms with Crippen LogP contribution in [0.1, 0.15) is 31.4 Å². The van der Waals surface area contributed by atoms with Gasteiger partial charge in [0.2, 0.25) is 0 Å². The maximum Gasteiger partial charge on any atom is 0.163 e. The van der Waals surface area contributed by atoms with E-state index in [4.69, 9.17) is 4.74 Å². The van der Waals surface area contributed by atoms with E-state index in [0.29, 0.717) is 11.1 Å². The van der Waals surface area contributed by atoms with Crippen molar-refractivity contribution in [2.75, 3.05) is 7.11 Å². The summed E-state index contributed by atoms with van der Waals surface area (Å²) in [5.74, 6) is -1.02. The van der Waals surface area contributed by atoms with E-state index >= 15 is 0 Å². The van der Waals surface area contributed by atoms with E-state index in [1.807, 2.05) is 13.8 Å².